The normalized spacial score (nSPS) is 11.2. The van der Waals surface area contributed by atoms with Crippen LogP contribution < -0.4 is 10.0 Å². The quantitative estimate of drug-likeness (QED) is 0.587. The summed E-state index contributed by atoms with van der Waals surface area (Å²) >= 11 is 0. The van der Waals surface area contributed by atoms with Crippen molar-refractivity contribution in [3.63, 3.8) is 0 Å². The molecule has 0 saturated heterocycles. The molecule has 3 rings (SSSR count). The van der Waals surface area contributed by atoms with E-state index in [4.69, 9.17) is 0 Å². The highest BCUT2D eigenvalue weighted by Crippen LogP contribution is 2.25. The van der Waals surface area contributed by atoms with Crippen LogP contribution in [0.4, 0.5) is 11.4 Å². The van der Waals surface area contributed by atoms with Crippen LogP contribution in [0.3, 0.4) is 0 Å². The van der Waals surface area contributed by atoms with Crippen LogP contribution in [-0.2, 0) is 10.0 Å². The van der Waals surface area contributed by atoms with Gasteiger partial charge in [0, 0.05) is 11.3 Å². The lowest BCUT2D eigenvalue weighted by Crippen LogP contribution is -2.17. The van der Waals surface area contributed by atoms with Crippen LogP contribution in [0, 0.1) is 34.6 Å². The van der Waals surface area contributed by atoms with E-state index in [1.54, 1.807) is 49.4 Å². The molecule has 0 spiro atoms. The van der Waals surface area contributed by atoms with Crippen molar-refractivity contribution in [2.24, 2.45) is 0 Å². The van der Waals surface area contributed by atoms with Gasteiger partial charge in [-0.25, -0.2) is 8.42 Å². The van der Waals surface area contributed by atoms with Crippen molar-refractivity contribution in [2.75, 3.05) is 10.0 Å². The van der Waals surface area contributed by atoms with E-state index >= 15 is 0 Å². The van der Waals surface area contributed by atoms with Gasteiger partial charge in [0.15, 0.2) is 0 Å². The van der Waals surface area contributed by atoms with Crippen LogP contribution in [0.5, 0.6) is 0 Å². The van der Waals surface area contributed by atoms with E-state index in [0.29, 0.717) is 11.3 Å². The molecule has 0 aliphatic heterocycles. The fourth-order valence-corrected chi connectivity index (χ4v) is 4.48. The Balaban J connectivity index is 1.88. The number of rotatable bonds is 5. The van der Waals surface area contributed by atoms with E-state index in [9.17, 15) is 13.2 Å². The van der Waals surface area contributed by atoms with Gasteiger partial charge in [-0.2, -0.15) is 0 Å². The second-order valence-electron chi connectivity index (χ2n) is 7.68. The van der Waals surface area contributed by atoms with Crippen molar-refractivity contribution in [1.82, 2.24) is 0 Å². The summed E-state index contributed by atoms with van der Waals surface area (Å²) in [5.41, 5.74) is 6.32. The molecular formula is C24H26N2O3S. The van der Waals surface area contributed by atoms with Gasteiger partial charge in [0.05, 0.1) is 10.6 Å². The van der Waals surface area contributed by atoms with Crippen LogP contribution >= 0.6 is 0 Å². The van der Waals surface area contributed by atoms with Crippen molar-refractivity contribution >= 4 is 27.3 Å². The van der Waals surface area contributed by atoms with Crippen molar-refractivity contribution in [3.05, 3.63) is 88.0 Å². The first-order valence-electron chi connectivity index (χ1n) is 9.66. The Kier molecular flexibility index (Phi) is 5.99. The van der Waals surface area contributed by atoms with Gasteiger partial charge < -0.3 is 5.32 Å². The Morgan fingerprint density at radius 3 is 1.93 bits per heavy atom. The van der Waals surface area contributed by atoms with Crippen LogP contribution in [0.15, 0.2) is 59.5 Å². The van der Waals surface area contributed by atoms with Crippen LogP contribution in [0.25, 0.3) is 0 Å². The highest BCUT2D eigenvalue weighted by molar-refractivity contribution is 7.92. The maximum absolute atomic E-state index is 12.9. The molecule has 3 aromatic carbocycles. The minimum atomic E-state index is -3.75. The molecule has 156 valence electrons. The Hall–Kier alpha value is -3.12. The SMILES string of the molecule is Cc1ccc(S(=O)(=O)Nc2cc(C(=O)Nc3c(C)cc(C)cc3C)ccc2C)cc1. The zero-order valence-corrected chi connectivity index (χ0v) is 18.6. The molecule has 30 heavy (non-hydrogen) atoms. The molecule has 0 radical (unpaired) electrons. The van der Waals surface area contributed by atoms with Crippen LogP contribution in [0.1, 0.15) is 38.2 Å². The number of benzene rings is 3. The predicted octanol–water partition coefficient (Wildman–Crippen LogP) is 5.28. The van der Waals surface area contributed by atoms with Gasteiger partial charge >= 0.3 is 0 Å². The fraction of sp³-hybridized carbons (Fsp3) is 0.208. The molecule has 0 saturated carbocycles. The highest BCUT2D eigenvalue weighted by atomic mass is 32.2. The third-order valence-corrected chi connectivity index (χ3v) is 6.37. The zero-order valence-electron chi connectivity index (χ0n) is 17.8. The lowest BCUT2D eigenvalue weighted by molar-refractivity contribution is 0.102. The average molecular weight is 423 g/mol. The van der Waals surface area contributed by atoms with Crippen molar-refractivity contribution < 1.29 is 13.2 Å². The molecule has 6 heteroatoms. The lowest BCUT2D eigenvalue weighted by atomic mass is 10.0. The summed E-state index contributed by atoms with van der Waals surface area (Å²) in [6, 6.07) is 15.6. The number of anilines is 2. The van der Waals surface area contributed by atoms with E-state index in [-0.39, 0.29) is 10.8 Å². The molecule has 0 aliphatic rings. The number of hydrogen-bond acceptors (Lipinski definition) is 3. The third-order valence-electron chi connectivity index (χ3n) is 4.99. The molecule has 2 N–H and O–H groups in total. The van der Waals surface area contributed by atoms with E-state index < -0.39 is 10.0 Å². The summed E-state index contributed by atoms with van der Waals surface area (Å²) < 4.78 is 28.1. The number of hydrogen-bond donors (Lipinski definition) is 2. The van der Waals surface area contributed by atoms with Gasteiger partial charge in [-0.15, -0.1) is 0 Å². The lowest BCUT2D eigenvalue weighted by Gasteiger charge is -2.15. The Bertz CT molecular complexity index is 1190. The molecule has 1 amide bonds. The molecule has 0 fully saturated rings. The Morgan fingerprint density at radius 2 is 1.33 bits per heavy atom. The topological polar surface area (TPSA) is 75.3 Å². The third kappa shape index (κ3) is 4.71. The van der Waals surface area contributed by atoms with E-state index in [0.717, 1.165) is 33.5 Å². The van der Waals surface area contributed by atoms with Gasteiger partial charge in [-0.05, 0) is 75.6 Å². The molecular weight excluding hydrogens is 396 g/mol. The number of carbonyl (C=O) groups excluding carboxylic acids is 1. The van der Waals surface area contributed by atoms with Gasteiger partial charge in [-0.1, -0.05) is 41.5 Å². The van der Waals surface area contributed by atoms with Gasteiger partial charge in [0.25, 0.3) is 15.9 Å². The Morgan fingerprint density at radius 1 is 0.733 bits per heavy atom. The van der Waals surface area contributed by atoms with E-state index in [2.05, 4.69) is 10.0 Å². The first-order chi connectivity index (χ1) is 14.1. The second kappa shape index (κ2) is 8.32. The number of amides is 1. The first kappa shape index (κ1) is 21.6. The number of carbonyl (C=O) groups is 1. The summed E-state index contributed by atoms with van der Waals surface area (Å²) in [5.74, 6) is -0.291. The summed E-state index contributed by atoms with van der Waals surface area (Å²) in [5, 5.41) is 2.95. The van der Waals surface area contributed by atoms with Crippen LogP contribution in [-0.4, -0.2) is 14.3 Å². The Labute approximate surface area is 178 Å². The summed E-state index contributed by atoms with van der Waals surface area (Å²) in [6.07, 6.45) is 0. The molecule has 0 aliphatic carbocycles. The van der Waals surface area contributed by atoms with Crippen molar-refractivity contribution in [1.29, 1.82) is 0 Å². The molecule has 0 atom stereocenters. The van der Waals surface area contributed by atoms with E-state index in [1.807, 2.05) is 39.8 Å². The number of aryl methyl sites for hydroxylation is 5. The maximum atomic E-state index is 12.9. The first-order valence-corrected chi connectivity index (χ1v) is 11.1. The average Bonchev–Trinajstić information content (AvgIpc) is 2.66. The molecule has 3 aromatic rings. The molecule has 5 nitrogen and oxygen atoms in total. The fourth-order valence-electron chi connectivity index (χ4n) is 3.36. The number of sulfonamides is 1. The van der Waals surface area contributed by atoms with E-state index in [1.165, 1.54) is 0 Å². The zero-order chi connectivity index (χ0) is 22.1. The molecule has 0 heterocycles. The van der Waals surface area contributed by atoms with Crippen molar-refractivity contribution in [3.8, 4) is 0 Å². The molecule has 0 unspecified atom stereocenters. The van der Waals surface area contributed by atoms with Gasteiger partial charge in [-0.3, -0.25) is 9.52 Å². The van der Waals surface area contributed by atoms with Crippen molar-refractivity contribution in [2.45, 2.75) is 39.5 Å². The van der Waals surface area contributed by atoms with Gasteiger partial charge in [0.1, 0.15) is 0 Å². The predicted molar refractivity (Wildman–Crippen MR) is 122 cm³/mol. The minimum absolute atomic E-state index is 0.174. The standard InChI is InChI=1S/C24H26N2O3S/c1-15-6-10-21(11-7-15)30(28,29)26-22-14-20(9-8-17(22)3)24(27)25-23-18(4)12-16(2)13-19(23)5/h6-14,26H,1-5H3,(H,25,27). The highest BCUT2D eigenvalue weighted by Gasteiger charge is 2.17. The smallest absolute Gasteiger partial charge is 0.261 e. The molecule has 0 bridgehead atoms. The van der Waals surface area contributed by atoms with Gasteiger partial charge in [0.2, 0.25) is 0 Å². The van der Waals surface area contributed by atoms with Crippen LogP contribution in [0.2, 0.25) is 0 Å². The second-order valence-corrected chi connectivity index (χ2v) is 9.36. The monoisotopic (exact) mass is 422 g/mol. The molecule has 0 aromatic heterocycles. The summed E-state index contributed by atoms with van der Waals surface area (Å²) in [4.78, 5) is 13.0. The minimum Gasteiger partial charge on any atom is -0.322 e. The largest absolute Gasteiger partial charge is 0.322 e. The maximum Gasteiger partial charge on any atom is 0.261 e. The number of nitrogens with one attached hydrogen (secondary N) is 2. The summed E-state index contributed by atoms with van der Waals surface area (Å²) in [7, 11) is -3.75. The summed E-state index contributed by atoms with van der Waals surface area (Å²) in [6.45, 7) is 9.60.